The standard InChI is InChI=1S/C17H19FO2/c18-17-11-5-4-10-16(17)14(13-19)7-6-12-20-15-8-2-1-3-9-15/h1-5,8-11,14,19H,6-7,12-13H2. The van der Waals surface area contributed by atoms with Crippen LogP contribution in [0.3, 0.4) is 0 Å². The lowest BCUT2D eigenvalue weighted by molar-refractivity contribution is 0.241. The van der Waals surface area contributed by atoms with Crippen molar-refractivity contribution < 1.29 is 14.2 Å². The molecule has 1 unspecified atom stereocenters. The first-order chi connectivity index (χ1) is 9.81. The summed E-state index contributed by atoms with van der Waals surface area (Å²) >= 11 is 0. The van der Waals surface area contributed by atoms with E-state index in [1.165, 1.54) is 6.07 Å². The molecular formula is C17H19FO2. The fourth-order valence-electron chi connectivity index (χ4n) is 2.19. The second-order valence-corrected chi connectivity index (χ2v) is 4.70. The fourth-order valence-corrected chi connectivity index (χ4v) is 2.19. The van der Waals surface area contributed by atoms with E-state index in [1.54, 1.807) is 18.2 Å². The van der Waals surface area contributed by atoms with Crippen molar-refractivity contribution in [1.29, 1.82) is 0 Å². The van der Waals surface area contributed by atoms with Crippen molar-refractivity contribution in [2.24, 2.45) is 0 Å². The normalized spacial score (nSPS) is 12.1. The highest BCUT2D eigenvalue weighted by Gasteiger charge is 2.14. The Labute approximate surface area is 118 Å². The van der Waals surface area contributed by atoms with Gasteiger partial charge < -0.3 is 9.84 Å². The third kappa shape index (κ3) is 4.07. The zero-order valence-corrected chi connectivity index (χ0v) is 11.3. The van der Waals surface area contributed by atoms with Crippen molar-refractivity contribution in [1.82, 2.24) is 0 Å². The number of hydrogen-bond donors (Lipinski definition) is 1. The molecule has 0 saturated carbocycles. The summed E-state index contributed by atoms with van der Waals surface area (Å²) in [4.78, 5) is 0. The van der Waals surface area contributed by atoms with Crippen LogP contribution in [0.2, 0.25) is 0 Å². The number of aliphatic hydroxyl groups excluding tert-OH is 1. The molecule has 0 amide bonds. The maximum absolute atomic E-state index is 13.7. The van der Waals surface area contributed by atoms with Gasteiger partial charge in [-0.05, 0) is 36.6 Å². The molecule has 1 atom stereocenters. The van der Waals surface area contributed by atoms with Crippen LogP contribution in [0, 0.1) is 5.82 Å². The molecule has 0 aliphatic heterocycles. The molecule has 106 valence electrons. The number of para-hydroxylation sites is 1. The van der Waals surface area contributed by atoms with Crippen LogP contribution in [-0.4, -0.2) is 18.3 Å². The van der Waals surface area contributed by atoms with Crippen molar-refractivity contribution in [3.63, 3.8) is 0 Å². The summed E-state index contributed by atoms with van der Waals surface area (Å²) in [6, 6.07) is 16.2. The second-order valence-electron chi connectivity index (χ2n) is 4.70. The highest BCUT2D eigenvalue weighted by molar-refractivity contribution is 5.22. The van der Waals surface area contributed by atoms with Gasteiger partial charge in [-0.1, -0.05) is 36.4 Å². The van der Waals surface area contributed by atoms with E-state index in [0.29, 0.717) is 18.6 Å². The van der Waals surface area contributed by atoms with E-state index in [0.717, 1.165) is 12.2 Å². The van der Waals surface area contributed by atoms with Gasteiger partial charge in [0.15, 0.2) is 0 Å². The molecule has 3 heteroatoms. The van der Waals surface area contributed by atoms with Crippen molar-refractivity contribution in [3.05, 3.63) is 66.0 Å². The van der Waals surface area contributed by atoms with E-state index in [2.05, 4.69) is 0 Å². The summed E-state index contributed by atoms with van der Waals surface area (Å²) in [6.07, 6.45) is 1.47. The van der Waals surface area contributed by atoms with E-state index in [9.17, 15) is 9.50 Å². The van der Waals surface area contributed by atoms with E-state index in [-0.39, 0.29) is 18.3 Å². The lowest BCUT2D eigenvalue weighted by atomic mass is 9.95. The molecule has 0 radical (unpaired) electrons. The van der Waals surface area contributed by atoms with Gasteiger partial charge in [0, 0.05) is 5.92 Å². The Morgan fingerprint density at radius 3 is 2.40 bits per heavy atom. The molecule has 2 aromatic rings. The summed E-state index contributed by atoms with van der Waals surface area (Å²) in [6.45, 7) is 0.515. The van der Waals surface area contributed by atoms with Gasteiger partial charge in [0.1, 0.15) is 11.6 Å². The Kier molecular flexibility index (Phi) is 5.56. The molecule has 0 fully saturated rings. The number of halogens is 1. The molecule has 2 aromatic carbocycles. The Morgan fingerprint density at radius 1 is 1.00 bits per heavy atom. The predicted molar refractivity (Wildman–Crippen MR) is 77.4 cm³/mol. The Bertz CT molecular complexity index is 513. The second kappa shape index (κ2) is 7.65. The van der Waals surface area contributed by atoms with Gasteiger partial charge >= 0.3 is 0 Å². The molecule has 0 aliphatic rings. The monoisotopic (exact) mass is 274 g/mol. The van der Waals surface area contributed by atoms with Crippen molar-refractivity contribution in [3.8, 4) is 5.75 Å². The molecule has 0 aliphatic carbocycles. The van der Waals surface area contributed by atoms with Gasteiger partial charge in [-0.15, -0.1) is 0 Å². The Balaban J connectivity index is 1.81. The molecule has 0 spiro atoms. The smallest absolute Gasteiger partial charge is 0.126 e. The summed E-state index contributed by atoms with van der Waals surface area (Å²) < 4.78 is 19.3. The summed E-state index contributed by atoms with van der Waals surface area (Å²) in [5, 5.41) is 9.41. The molecule has 2 rings (SSSR count). The van der Waals surface area contributed by atoms with Gasteiger partial charge in [-0.3, -0.25) is 0 Å². The average molecular weight is 274 g/mol. The van der Waals surface area contributed by atoms with E-state index in [1.807, 2.05) is 30.3 Å². The van der Waals surface area contributed by atoms with Crippen LogP contribution in [-0.2, 0) is 0 Å². The molecule has 0 bridgehead atoms. The van der Waals surface area contributed by atoms with Gasteiger partial charge in [-0.25, -0.2) is 4.39 Å². The summed E-state index contributed by atoms with van der Waals surface area (Å²) in [7, 11) is 0. The quantitative estimate of drug-likeness (QED) is 0.779. The molecule has 0 aromatic heterocycles. The van der Waals surface area contributed by atoms with Crippen LogP contribution in [0.1, 0.15) is 24.3 Å². The van der Waals surface area contributed by atoms with Gasteiger partial charge in [-0.2, -0.15) is 0 Å². The van der Waals surface area contributed by atoms with E-state index >= 15 is 0 Å². The first-order valence-electron chi connectivity index (χ1n) is 6.84. The molecule has 0 heterocycles. The van der Waals surface area contributed by atoms with Gasteiger partial charge in [0.25, 0.3) is 0 Å². The van der Waals surface area contributed by atoms with Crippen molar-refractivity contribution in [2.45, 2.75) is 18.8 Å². The number of rotatable bonds is 7. The highest BCUT2D eigenvalue weighted by atomic mass is 19.1. The molecular weight excluding hydrogens is 255 g/mol. The third-order valence-corrected chi connectivity index (χ3v) is 3.27. The minimum Gasteiger partial charge on any atom is -0.494 e. The number of aliphatic hydroxyl groups is 1. The SMILES string of the molecule is OCC(CCCOc1ccccc1)c1ccccc1F. The van der Waals surface area contributed by atoms with Crippen LogP contribution < -0.4 is 4.74 Å². The Hall–Kier alpha value is -1.87. The van der Waals surface area contributed by atoms with Crippen LogP contribution in [0.5, 0.6) is 5.75 Å². The Morgan fingerprint density at radius 2 is 1.70 bits per heavy atom. The highest BCUT2D eigenvalue weighted by Crippen LogP contribution is 2.23. The molecule has 2 nitrogen and oxygen atoms in total. The molecule has 0 saturated heterocycles. The molecule has 20 heavy (non-hydrogen) atoms. The predicted octanol–water partition coefficient (Wildman–Crippen LogP) is 3.76. The fraction of sp³-hybridized carbons (Fsp3) is 0.294. The van der Waals surface area contributed by atoms with Crippen LogP contribution >= 0.6 is 0 Å². The zero-order valence-electron chi connectivity index (χ0n) is 11.3. The maximum Gasteiger partial charge on any atom is 0.126 e. The maximum atomic E-state index is 13.7. The first-order valence-corrected chi connectivity index (χ1v) is 6.84. The first kappa shape index (κ1) is 14.5. The van der Waals surface area contributed by atoms with Crippen LogP contribution in [0.25, 0.3) is 0 Å². The summed E-state index contributed by atoms with van der Waals surface area (Å²) in [5.41, 5.74) is 0.578. The van der Waals surface area contributed by atoms with E-state index in [4.69, 9.17) is 4.74 Å². The van der Waals surface area contributed by atoms with E-state index < -0.39 is 0 Å². The minimum absolute atomic E-state index is 0.0493. The van der Waals surface area contributed by atoms with Gasteiger partial charge in [0.05, 0.1) is 13.2 Å². The summed E-state index contributed by atoms with van der Waals surface area (Å²) in [5.74, 6) is 0.407. The van der Waals surface area contributed by atoms with Crippen molar-refractivity contribution in [2.75, 3.05) is 13.2 Å². The average Bonchev–Trinajstić information content (AvgIpc) is 2.50. The van der Waals surface area contributed by atoms with Crippen LogP contribution in [0.4, 0.5) is 4.39 Å². The van der Waals surface area contributed by atoms with Crippen molar-refractivity contribution >= 4 is 0 Å². The van der Waals surface area contributed by atoms with Gasteiger partial charge in [0.2, 0.25) is 0 Å². The number of ether oxygens (including phenoxy) is 1. The zero-order chi connectivity index (χ0) is 14.2. The third-order valence-electron chi connectivity index (χ3n) is 3.27. The lowest BCUT2D eigenvalue weighted by Crippen LogP contribution is -2.08. The lowest BCUT2D eigenvalue weighted by Gasteiger charge is -2.15. The molecule has 1 N–H and O–H groups in total. The topological polar surface area (TPSA) is 29.5 Å². The largest absolute Gasteiger partial charge is 0.494 e. The number of benzene rings is 2. The minimum atomic E-state index is -0.254. The number of hydrogen-bond acceptors (Lipinski definition) is 2. The van der Waals surface area contributed by atoms with Crippen LogP contribution in [0.15, 0.2) is 54.6 Å².